The van der Waals surface area contributed by atoms with Gasteiger partial charge in [0, 0.05) is 18.6 Å². The van der Waals surface area contributed by atoms with Gasteiger partial charge in [-0.2, -0.15) is 0 Å². The highest BCUT2D eigenvalue weighted by Gasteiger charge is 2.47. The fourth-order valence-corrected chi connectivity index (χ4v) is 3.57. The molecule has 0 aromatic heterocycles. The van der Waals surface area contributed by atoms with Crippen LogP contribution >= 0.6 is 0 Å². The van der Waals surface area contributed by atoms with Crippen LogP contribution in [0, 0.1) is 0 Å². The van der Waals surface area contributed by atoms with Crippen molar-refractivity contribution in [3.05, 3.63) is 59.7 Å². The number of esters is 2. The van der Waals surface area contributed by atoms with Crippen molar-refractivity contribution in [2.75, 3.05) is 0 Å². The standard InChI is InChI=1S/C25H24O11/c26-16-5-1-14(11-18(16)28)3-7-22(30)35-20-9-10-25(34,24(32)33)13-21(20)36-23(31)8-4-15-2-6-17(27)19(29)12-15/h1-8,11-12,20-21,26-29,34H,9-10,13H2,(H,32,33)/b7-3+,8-4+/t20-,21-,25+/m1/s1. The summed E-state index contributed by atoms with van der Waals surface area (Å²) in [5, 5.41) is 57.5. The van der Waals surface area contributed by atoms with Crippen LogP contribution in [0.2, 0.25) is 0 Å². The fourth-order valence-electron chi connectivity index (χ4n) is 3.57. The van der Waals surface area contributed by atoms with Gasteiger partial charge in [-0.25, -0.2) is 14.4 Å². The summed E-state index contributed by atoms with van der Waals surface area (Å²) >= 11 is 0. The molecule has 11 heteroatoms. The first kappa shape index (κ1) is 26.1. The van der Waals surface area contributed by atoms with Crippen LogP contribution in [0.3, 0.4) is 0 Å². The quantitative estimate of drug-likeness (QED) is 0.185. The molecule has 0 bridgehead atoms. The van der Waals surface area contributed by atoms with Crippen LogP contribution in [0.5, 0.6) is 23.0 Å². The van der Waals surface area contributed by atoms with E-state index in [-0.39, 0.29) is 30.1 Å². The summed E-state index contributed by atoms with van der Waals surface area (Å²) in [4.78, 5) is 36.2. The van der Waals surface area contributed by atoms with E-state index in [1.807, 2.05) is 0 Å². The Morgan fingerprint density at radius 3 is 1.69 bits per heavy atom. The van der Waals surface area contributed by atoms with Crippen LogP contribution in [0.4, 0.5) is 0 Å². The van der Waals surface area contributed by atoms with Crippen molar-refractivity contribution in [2.24, 2.45) is 0 Å². The Morgan fingerprint density at radius 1 is 0.778 bits per heavy atom. The zero-order valence-electron chi connectivity index (χ0n) is 18.8. The Bertz CT molecular complexity index is 1220. The van der Waals surface area contributed by atoms with E-state index < -0.39 is 47.9 Å². The van der Waals surface area contributed by atoms with Crippen molar-refractivity contribution in [3.8, 4) is 23.0 Å². The Labute approximate surface area is 204 Å². The Balaban J connectivity index is 1.70. The Hall–Kier alpha value is -4.51. The van der Waals surface area contributed by atoms with Gasteiger partial charge in [0.1, 0.15) is 12.2 Å². The number of carbonyl (C=O) groups excluding carboxylic acids is 2. The number of phenolic OH excluding ortho intramolecular Hbond substituents is 4. The second-order valence-corrected chi connectivity index (χ2v) is 8.19. The normalized spacial score (nSPS) is 21.9. The van der Waals surface area contributed by atoms with Crippen LogP contribution in [0.25, 0.3) is 12.2 Å². The second kappa shape index (κ2) is 10.8. The maximum Gasteiger partial charge on any atom is 0.335 e. The molecule has 0 radical (unpaired) electrons. The summed E-state index contributed by atoms with van der Waals surface area (Å²) in [7, 11) is 0. The molecule has 3 rings (SSSR count). The monoisotopic (exact) mass is 500 g/mol. The van der Waals surface area contributed by atoms with Crippen molar-refractivity contribution >= 4 is 30.1 Å². The SMILES string of the molecule is O=C(/C=C/c1ccc(O)c(O)c1)O[C@@H]1CC[C@@](O)(C(=O)O)C[C@H]1OC(=O)/C=C/c1ccc(O)c(O)c1. The topological polar surface area (TPSA) is 191 Å². The summed E-state index contributed by atoms with van der Waals surface area (Å²) in [5.74, 6) is -4.71. The van der Waals surface area contributed by atoms with Crippen LogP contribution in [-0.2, 0) is 23.9 Å². The summed E-state index contributed by atoms with van der Waals surface area (Å²) in [6.07, 6.45) is 1.44. The van der Waals surface area contributed by atoms with Crippen molar-refractivity contribution in [1.29, 1.82) is 0 Å². The number of hydrogen-bond acceptors (Lipinski definition) is 10. The summed E-state index contributed by atoms with van der Waals surface area (Å²) in [6, 6.07) is 7.74. The highest BCUT2D eigenvalue weighted by Crippen LogP contribution is 2.33. The lowest BCUT2D eigenvalue weighted by atomic mass is 9.81. The van der Waals surface area contributed by atoms with Crippen molar-refractivity contribution < 1.29 is 54.5 Å². The van der Waals surface area contributed by atoms with Crippen LogP contribution in [0.1, 0.15) is 30.4 Å². The molecule has 3 atom stereocenters. The van der Waals surface area contributed by atoms with Gasteiger partial charge in [-0.3, -0.25) is 0 Å². The highest BCUT2D eigenvalue weighted by atomic mass is 16.6. The molecule has 1 saturated carbocycles. The molecule has 0 spiro atoms. The molecule has 0 unspecified atom stereocenters. The number of hydrogen-bond donors (Lipinski definition) is 6. The lowest BCUT2D eigenvalue weighted by Gasteiger charge is -2.37. The number of carbonyl (C=O) groups is 3. The lowest BCUT2D eigenvalue weighted by Crippen LogP contribution is -2.51. The lowest BCUT2D eigenvalue weighted by molar-refractivity contribution is -0.187. The molecule has 36 heavy (non-hydrogen) atoms. The van der Waals surface area contributed by atoms with E-state index in [0.717, 1.165) is 12.2 Å². The predicted molar refractivity (Wildman–Crippen MR) is 124 cm³/mol. The van der Waals surface area contributed by atoms with E-state index in [1.165, 1.54) is 48.6 Å². The number of benzene rings is 2. The first-order chi connectivity index (χ1) is 17.0. The van der Waals surface area contributed by atoms with Gasteiger partial charge in [-0.1, -0.05) is 12.1 Å². The first-order valence-electron chi connectivity index (χ1n) is 10.7. The van der Waals surface area contributed by atoms with Gasteiger partial charge in [0.25, 0.3) is 0 Å². The zero-order valence-corrected chi connectivity index (χ0v) is 18.8. The molecular weight excluding hydrogens is 476 g/mol. The van der Waals surface area contributed by atoms with Gasteiger partial charge in [0.05, 0.1) is 0 Å². The van der Waals surface area contributed by atoms with E-state index in [1.54, 1.807) is 0 Å². The summed E-state index contributed by atoms with van der Waals surface area (Å²) in [5.41, 5.74) is -1.43. The number of phenols is 4. The number of carboxylic acid groups (broad SMARTS) is 1. The van der Waals surface area contributed by atoms with Crippen molar-refractivity contribution in [2.45, 2.75) is 37.1 Å². The molecule has 11 nitrogen and oxygen atoms in total. The van der Waals surface area contributed by atoms with Crippen molar-refractivity contribution in [3.63, 3.8) is 0 Å². The first-order valence-corrected chi connectivity index (χ1v) is 10.7. The minimum atomic E-state index is -2.18. The van der Waals surface area contributed by atoms with E-state index in [9.17, 15) is 45.0 Å². The zero-order chi connectivity index (χ0) is 26.5. The van der Waals surface area contributed by atoms with E-state index in [2.05, 4.69) is 0 Å². The molecule has 0 amide bonds. The molecule has 190 valence electrons. The van der Waals surface area contributed by atoms with E-state index in [0.29, 0.717) is 11.1 Å². The van der Waals surface area contributed by atoms with Gasteiger partial charge in [-0.05, 0) is 60.4 Å². The third-order valence-electron chi connectivity index (χ3n) is 5.55. The Morgan fingerprint density at radius 2 is 1.25 bits per heavy atom. The van der Waals surface area contributed by atoms with Gasteiger partial charge in [0.15, 0.2) is 28.6 Å². The third kappa shape index (κ3) is 6.54. The summed E-state index contributed by atoms with van der Waals surface area (Å²) < 4.78 is 10.6. The van der Waals surface area contributed by atoms with Crippen LogP contribution in [-0.4, -0.2) is 66.4 Å². The highest BCUT2D eigenvalue weighted by molar-refractivity contribution is 5.88. The molecule has 6 N–H and O–H groups in total. The molecule has 1 aliphatic carbocycles. The number of aromatic hydroxyl groups is 4. The molecule has 1 fully saturated rings. The molecule has 0 saturated heterocycles. The average molecular weight is 500 g/mol. The maximum atomic E-state index is 12.4. The fraction of sp³-hybridized carbons (Fsp3) is 0.240. The number of aliphatic hydroxyl groups is 1. The molecule has 0 heterocycles. The number of rotatable bonds is 7. The second-order valence-electron chi connectivity index (χ2n) is 8.19. The largest absolute Gasteiger partial charge is 0.504 e. The van der Waals surface area contributed by atoms with Crippen LogP contribution < -0.4 is 0 Å². The van der Waals surface area contributed by atoms with Gasteiger partial charge >= 0.3 is 17.9 Å². The minimum Gasteiger partial charge on any atom is -0.504 e. The minimum absolute atomic E-state index is 0.101. The molecule has 1 aliphatic rings. The van der Waals surface area contributed by atoms with Gasteiger partial charge < -0.3 is 40.1 Å². The molecule has 2 aromatic carbocycles. The third-order valence-corrected chi connectivity index (χ3v) is 5.55. The molecule has 0 aliphatic heterocycles. The van der Waals surface area contributed by atoms with Gasteiger partial charge in [0.2, 0.25) is 0 Å². The smallest absolute Gasteiger partial charge is 0.335 e. The van der Waals surface area contributed by atoms with Crippen LogP contribution in [0.15, 0.2) is 48.6 Å². The number of ether oxygens (including phenoxy) is 2. The van der Waals surface area contributed by atoms with E-state index >= 15 is 0 Å². The van der Waals surface area contributed by atoms with E-state index in [4.69, 9.17) is 9.47 Å². The Kier molecular flexibility index (Phi) is 7.85. The number of carboxylic acids is 1. The predicted octanol–water partition coefficient (Wildman–Crippen LogP) is 2.06. The maximum absolute atomic E-state index is 12.4. The average Bonchev–Trinajstić information content (AvgIpc) is 2.82. The molecule has 2 aromatic rings. The number of aliphatic carboxylic acids is 1. The molecular formula is C25H24O11. The van der Waals surface area contributed by atoms with Crippen molar-refractivity contribution in [1.82, 2.24) is 0 Å². The summed E-state index contributed by atoms with van der Waals surface area (Å²) in [6.45, 7) is 0. The van der Waals surface area contributed by atoms with Gasteiger partial charge in [-0.15, -0.1) is 0 Å².